The van der Waals surface area contributed by atoms with Crippen molar-refractivity contribution >= 4 is 35.3 Å². The van der Waals surface area contributed by atoms with E-state index in [0.717, 1.165) is 16.0 Å². The predicted molar refractivity (Wildman–Crippen MR) is 122 cm³/mol. The van der Waals surface area contributed by atoms with Gasteiger partial charge in [0.1, 0.15) is 22.8 Å². The van der Waals surface area contributed by atoms with Gasteiger partial charge in [0.05, 0.1) is 29.4 Å². The molecule has 1 fully saturated rings. The predicted octanol–water partition coefficient (Wildman–Crippen LogP) is 4.15. The van der Waals surface area contributed by atoms with Crippen LogP contribution in [-0.2, 0) is 9.59 Å². The number of benzene rings is 2. The number of nitrogens with zero attached hydrogens (tertiary/aromatic N) is 2. The van der Waals surface area contributed by atoms with Gasteiger partial charge in [-0.2, -0.15) is 0 Å². The zero-order valence-electron chi connectivity index (χ0n) is 18.4. The Labute approximate surface area is 193 Å². The molecule has 10 heteroatoms. The summed E-state index contributed by atoms with van der Waals surface area (Å²) in [5, 5.41) is 13.2. The van der Waals surface area contributed by atoms with E-state index < -0.39 is 22.8 Å². The quantitative estimate of drug-likeness (QED) is 0.261. The third-order valence-corrected chi connectivity index (χ3v) is 5.14. The molecule has 10 nitrogen and oxygen atoms in total. The molecule has 0 saturated carbocycles. The number of imide groups is 2. The van der Waals surface area contributed by atoms with Crippen molar-refractivity contribution in [3.8, 4) is 17.1 Å². The molecular weight excluding hydrogens is 442 g/mol. The lowest BCUT2D eigenvalue weighted by Gasteiger charge is -2.26. The summed E-state index contributed by atoms with van der Waals surface area (Å²) < 4.78 is 11.0. The zero-order valence-corrected chi connectivity index (χ0v) is 18.4. The normalized spacial score (nSPS) is 15.0. The lowest BCUT2D eigenvalue weighted by molar-refractivity contribution is -0.384. The molecule has 4 amide bonds. The second-order valence-electron chi connectivity index (χ2n) is 7.65. The Bertz CT molecular complexity index is 1370. The maximum absolute atomic E-state index is 13.1. The summed E-state index contributed by atoms with van der Waals surface area (Å²) in [4.78, 5) is 49.3. The first-order valence-electron chi connectivity index (χ1n) is 10.1. The number of anilines is 1. The zero-order chi connectivity index (χ0) is 24.6. The van der Waals surface area contributed by atoms with Gasteiger partial charge >= 0.3 is 6.03 Å². The number of hydrogen-bond acceptors (Lipinski definition) is 7. The Hall–Kier alpha value is -4.73. The molecule has 0 bridgehead atoms. The van der Waals surface area contributed by atoms with Gasteiger partial charge in [0.2, 0.25) is 0 Å². The van der Waals surface area contributed by atoms with Crippen LogP contribution >= 0.6 is 0 Å². The van der Waals surface area contributed by atoms with Crippen molar-refractivity contribution in [2.24, 2.45) is 0 Å². The highest BCUT2D eigenvalue weighted by Crippen LogP contribution is 2.35. The number of nitro groups is 1. The number of aryl methyl sites for hydroxylation is 2. The van der Waals surface area contributed by atoms with Crippen LogP contribution in [0.15, 0.2) is 58.5 Å². The summed E-state index contributed by atoms with van der Waals surface area (Å²) in [5.41, 5.74) is 2.07. The average Bonchev–Trinajstić information content (AvgIpc) is 3.23. The number of non-ortho nitro benzene ring substituents is 1. The Morgan fingerprint density at radius 3 is 2.38 bits per heavy atom. The number of carbonyl (C=O) groups is 3. The Balaban J connectivity index is 1.69. The van der Waals surface area contributed by atoms with Crippen LogP contribution in [0.3, 0.4) is 0 Å². The van der Waals surface area contributed by atoms with Crippen molar-refractivity contribution in [2.45, 2.75) is 13.8 Å². The van der Waals surface area contributed by atoms with Crippen molar-refractivity contribution in [3.63, 3.8) is 0 Å². The molecule has 0 radical (unpaired) electrons. The van der Waals surface area contributed by atoms with Crippen LogP contribution in [0.25, 0.3) is 17.4 Å². The standard InChI is InChI=1S/C24H19N3O7/c1-13-8-14(2)10-16(9-13)26-23(29)19(22(28)25-24(26)30)12-17-5-7-20(34-17)18-6-4-15(27(31)32)11-21(18)33-3/h4-12H,1-3H3,(H,25,28,30). The van der Waals surface area contributed by atoms with E-state index in [1.807, 2.05) is 19.9 Å². The van der Waals surface area contributed by atoms with E-state index >= 15 is 0 Å². The SMILES string of the molecule is COc1cc([N+](=O)[O-])ccc1-c1ccc(C=C2C(=O)NC(=O)N(c3cc(C)cc(C)c3)C2=O)o1. The average molecular weight is 461 g/mol. The highest BCUT2D eigenvalue weighted by Gasteiger charge is 2.37. The van der Waals surface area contributed by atoms with Crippen LogP contribution in [-0.4, -0.2) is 29.9 Å². The summed E-state index contributed by atoms with van der Waals surface area (Å²) in [7, 11) is 1.37. The number of carbonyl (C=O) groups excluding carboxylic acids is 3. The number of nitrogens with one attached hydrogen (secondary N) is 1. The maximum Gasteiger partial charge on any atom is 0.335 e. The molecule has 34 heavy (non-hydrogen) atoms. The highest BCUT2D eigenvalue weighted by molar-refractivity contribution is 6.39. The van der Waals surface area contributed by atoms with E-state index in [9.17, 15) is 24.5 Å². The number of barbiturate groups is 1. The first-order chi connectivity index (χ1) is 16.2. The second-order valence-corrected chi connectivity index (χ2v) is 7.65. The van der Waals surface area contributed by atoms with Gasteiger partial charge in [-0.05, 0) is 61.4 Å². The molecule has 2 aromatic carbocycles. The molecule has 3 aromatic rings. The fraction of sp³-hybridized carbons (Fsp3) is 0.125. The lowest BCUT2D eigenvalue weighted by Crippen LogP contribution is -2.54. The molecule has 2 heterocycles. The molecule has 1 aliphatic heterocycles. The minimum absolute atomic E-state index is 0.143. The number of methoxy groups -OCH3 is 1. The molecule has 0 aliphatic carbocycles. The van der Waals surface area contributed by atoms with Crippen molar-refractivity contribution in [1.29, 1.82) is 0 Å². The minimum atomic E-state index is -0.846. The van der Waals surface area contributed by atoms with Gasteiger partial charge in [-0.25, -0.2) is 9.69 Å². The van der Waals surface area contributed by atoms with Crippen molar-refractivity contribution in [1.82, 2.24) is 5.32 Å². The van der Waals surface area contributed by atoms with Crippen LogP contribution in [0.2, 0.25) is 0 Å². The third kappa shape index (κ3) is 4.16. The number of amides is 4. The molecule has 1 aromatic heterocycles. The van der Waals surface area contributed by atoms with Gasteiger partial charge < -0.3 is 9.15 Å². The van der Waals surface area contributed by atoms with Crippen molar-refractivity contribution in [3.05, 3.63) is 81.1 Å². The van der Waals surface area contributed by atoms with E-state index in [1.54, 1.807) is 18.2 Å². The molecule has 1 saturated heterocycles. The van der Waals surface area contributed by atoms with Crippen LogP contribution in [0, 0.1) is 24.0 Å². The van der Waals surface area contributed by atoms with Crippen LogP contribution in [0.5, 0.6) is 5.75 Å². The summed E-state index contributed by atoms with van der Waals surface area (Å²) >= 11 is 0. The number of furan rings is 1. The van der Waals surface area contributed by atoms with Crippen LogP contribution < -0.4 is 15.0 Å². The van der Waals surface area contributed by atoms with E-state index in [-0.39, 0.29) is 22.8 Å². The summed E-state index contributed by atoms with van der Waals surface area (Å²) in [6.07, 6.45) is 1.24. The van der Waals surface area contributed by atoms with Gasteiger partial charge in [0, 0.05) is 6.07 Å². The lowest BCUT2D eigenvalue weighted by atomic mass is 10.1. The molecule has 4 rings (SSSR count). The topological polar surface area (TPSA) is 132 Å². The number of ether oxygens (including phenoxy) is 1. The van der Waals surface area contributed by atoms with Gasteiger partial charge in [-0.15, -0.1) is 0 Å². The first kappa shape index (κ1) is 22.5. The smallest absolute Gasteiger partial charge is 0.335 e. The largest absolute Gasteiger partial charge is 0.496 e. The molecular formula is C24H19N3O7. The third-order valence-electron chi connectivity index (χ3n) is 5.14. The second kappa shape index (κ2) is 8.66. The van der Waals surface area contributed by atoms with Crippen molar-refractivity contribution in [2.75, 3.05) is 12.0 Å². The molecule has 1 N–H and O–H groups in total. The first-order valence-corrected chi connectivity index (χ1v) is 10.1. The Morgan fingerprint density at radius 2 is 1.74 bits per heavy atom. The van der Waals surface area contributed by atoms with Gasteiger partial charge in [-0.3, -0.25) is 25.0 Å². The van der Waals surface area contributed by atoms with E-state index in [4.69, 9.17) is 9.15 Å². The van der Waals surface area contributed by atoms with Gasteiger partial charge in [-0.1, -0.05) is 6.07 Å². The van der Waals surface area contributed by atoms with Crippen molar-refractivity contribution < 1.29 is 28.5 Å². The maximum atomic E-state index is 13.1. The number of rotatable bonds is 5. The molecule has 0 atom stereocenters. The van der Waals surface area contributed by atoms with E-state index in [1.165, 1.54) is 37.5 Å². The fourth-order valence-electron chi connectivity index (χ4n) is 3.69. The molecule has 0 spiro atoms. The number of hydrogen-bond donors (Lipinski definition) is 1. The van der Waals surface area contributed by atoms with Crippen LogP contribution in [0.4, 0.5) is 16.2 Å². The number of urea groups is 1. The summed E-state index contributed by atoms with van der Waals surface area (Å²) in [5.74, 6) is -0.930. The van der Waals surface area contributed by atoms with E-state index in [0.29, 0.717) is 17.0 Å². The Kier molecular flexibility index (Phi) is 5.72. The molecule has 1 aliphatic rings. The van der Waals surface area contributed by atoms with Gasteiger partial charge in [0.15, 0.2) is 0 Å². The van der Waals surface area contributed by atoms with Crippen LogP contribution in [0.1, 0.15) is 16.9 Å². The fourth-order valence-corrected chi connectivity index (χ4v) is 3.69. The number of nitro benzene ring substituents is 1. The molecule has 0 unspecified atom stereocenters. The molecule has 172 valence electrons. The monoisotopic (exact) mass is 461 g/mol. The summed E-state index contributed by atoms with van der Waals surface area (Å²) in [6, 6.07) is 11.6. The minimum Gasteiger partial charge on any atom is -0.496 e. The van der Waals surface area contributed by atoms with Gasteiger partial charge in [0.25, 0.3) is 17.5 Å². The summed E-state index contributed by atoms with van der Waals surface area (Å²) in [6.45, 7) is 3.67. The van der Waals surface area contributed by atoms with E-state index in [2.05, 4.69) is 5.32 Å². The Morgan fingerprint density at radius 1 is 1.03 bits per heavy atom. The highest BCUT2D eigenvalue weighted by atomic mass is 16.6.